The molecule has 0 radical (unpaired) electrons. The monoisotopic (exact) mass is 397 g/mol. The lowest BCUT2D eigenvalue weighted by atomic mass is 10.0. The molecule has 6 nitrogen and oxygen atoms in total. The zero-order valence-corrected chi connectivity index (χ0v) is 14.8. The lowest BCUT2D eigenvalue weighted by Gasteiger charge is -2.14. The van der Waals surface area contributed by atoms with E-state index in [4.69, 9.17) is 5.41 Å². The minimum atomic E-state index is -0.508. The van der Waals surface area contributed by atoms with E-state index in [-0.39, 0.29) is 35.0 Å². The van der Waals surface area contributed by atoms with Gasteiger partial charge in [0.25, 0.3) is 5.69 Å². The van der Waals surface area contributed by atoms with Crippen LogP contribution in [0.15, 0.2) is 24.3 Å². The highest BCUT2D eigenvalue weighted by Crippen LogP contribution is 2.24. The number of nitrogens with zero attached hydrogens (tertiary/aromatic N) is 2. The Morgan fingerprint density at radius 3 is 2.83 bits per heavy atom. The first-order valence-corrected chi connectivity index (χ1v) is 7.91. The summed E-state index contributed by atoms with van der Waals surface area (Å²) in [6, 6.07) is 5.76. The molecule has 1 aromatic heterocycles. The number of hydrogen-bond donors (Lipinski definition) is 1. The van der Waals surface area contributed by atoms with Gasteiger partial charge in [0.05, 0.1) is 11.5 Å². The third-order valence-corrected chi connectivity index (χ3v) is 4.96. The Hall–Kier alpha value is -1.80. The summed E-state index contributed by atoms with van der Waals surface area (Å²) < 4.78 is 1.75. The molecular weight excluding hydrogens is 382 g/mol. The fourth-order valence-electron chi connectivity index (χ4n) is 2.75. The Morgan fingerprint density at radius 2 is 2.09 bits per heavy atom. The van der Waals surface area contributed by atoms with E-state index in [1.807, 2.05) is 0 Å². The number of carbonyl (C=O) groups is 1. The van der Waals surface area contributed by atoms with Crippen LogP contribution in [0.25, 0.3) is 0 Å². The number of nitrogens with one attached hydrogen (secondary N) is 1. The first-order valence-electron chi connectivity index (χ1n) is 7.10. The van der Waals surface area contributed by atoms with Crippen LogP contribution in [-0.2, 0) is 19.4 Å². The second kappa shape index (κ2) is 7.18. The molecule has 23 heavy (non-hydrogen) atoms. The van der Waals surface area contributed by atoms with Gasteiger partial charge in [0.1, 0.15) is 0 Å². The lowest BCUT2D eigenvalue weighted by Crippen LogP contribution is -2.22. The van der Waals surface area contributed by atoms with Gasteiger partial charge >= 0.3 is 0 Å². The number of nitro groups is 1. The third-order valence-electron chi connectivity index (χ3n) is 3.86. The Bertz CT molecular complexity index is 813. The van der Waals surface area contributed by atoms with Crippen LogP contribution in [0.3, 0.4) is 0 Å². The molecule has 2 aromatic rings. The minimum absolute atomic E-state index is 0. The van der Waals surface area contributed by atoms with E-state index in [9.17, 15) is 14.9 Å². The van der Waals surface area contributed by atoms with Gasteiger partial charge in [0.15, 0.2) is 10.6 Å². The molecule has 0 saturated heterocycles. The molecule has 1 N–H and O–H groups in total. The fourth-order valence-corrected chi connectivity index (χ4v) is 3.84. The number of carbonyl (C=O) groups excluding carboxylic acids is 1. The summed E-state index contributed by atoms with van der Waals surface area (Å²) in [5.41, 5.74) is 1.31. The average Bonchev–Trinajstić information content (AvgIpc) is 2.83. The van der Waals surface area contributed by atoms with Crippen LogP contribution in [0.4, 0.5) is 5.69 Å². The average molecular weight is 398 g/mol. The van der Waals surface area contributed by atoms with Crippen molar-refractivity contribution >= 4 is 39.8 Å². The van der Waals surface area contributed by atoms with E-state index in [1.165, 1.54) is 34.4 Å². The topological polar surface area (TPSA) is 89.0 Å². The summed E-state index contributed by atoms with van der Waals surface area (Å²) in [5.74, 6) is -0.201. The van der Waals surface area contributed by atoms with Crippen LogP contribution < -0.4 is 4.80 Å². The molecule has 1 heterocycles. The van der Waals surface area contributed by atoms with Crippen molar-refractivity contribution in [2.45, 2.75) is 32.2 Å². The maximum atomic E-state index is 12.4. The Kier molecular flexibility index (Phi) is 5.48. The normalized spacial score (nSPS) is 13.0. The molecule has 1 aromatic carbocycles. The molecular formula is C15H16BrN3O3S. The fraction of sp³-hybridized carbons (Fsp3) is 0.333. The highest BCUT2D eigenvalue weighted by atomic mass is 79.9. The zero-order valence-electron chi connectivity index (χ0n) is 12.3. The summed E-state index contributed by atoms with van der Waals surface area (Å²) in [6.45, 7) is 0.0752. The Balaban J connectivity index is 0.00000192. The molecule has 0 unspecified atom stereocenters. The van der Waals surface area contributed by atoms with Crippen molar-refractivity contribution in [1.82, 2.24) is 4.57 Å². The molecule has 0 atom stereocenters. The van der Waals surface area contributed by atoms with Crippen molar-refractivity contribution in [3.05, 3.63) is 55.3 Å². The number of aryl methyl sites for hydroxylation is 1. The first-order chi connectivity index (χ1) is 10.6. The number of ketones is 1. The third kappa shape index (κ3) is 3.59. The molecule has 122 valence electrons. The van der Waals surface area contributed by atoms with Crippen molar-refractivity contribution in [2.75, 3.05) is 0 Å². The van der Waals surface area contributed by atoms with Gasteiger partial charge in [-0.2, -0.15) is 0 Å². The molecule has 0 saturated carbocycles. The van der Waals surface area contributed by atoms with Gasteiger partial charge in [0.2, 0.25) is 0 Å². The van der Waals surface area contributed by atoms with Crippen molar-refractivity contribution in [3.63, 3.8) is 0 Å². The zero-order chi connectivity index (χ0) is 15.7. The number of nitro benzene ring substituents is 1. The van der Waals surface area contributed by atoms with Gasteiger partial charge in [-0.05, 0) is 25.7 Å². The van der Waals surface area contributed by atoms with Gasteiger partial charge in [0, 0.05) is 28.3 Å². The maximum Gasteiger partial charge on any atom is 0.270 e. The van der Waals surface area contributed by atoms with E-state index in [2.05, 4.69) is 0 Å². The summed E-state index contributed by atoms with van der Waals surface area (Å²) >= 11 is 1.43. The molecule has 1 aliphatic rings. The number of hydrogen-bond acceptors (Lipinski definition) is 5. The SMILES string of the molecule is Br.N=c1sc2c(n1CC(=O)c1cccc([N+](=O)[O-])c1)CCCC2. The van der Waals surface area contributed by atoms with Crippen LogP contribution in [0.1, 0.15) is 33.8 Å². The molecule has 0 aliphatic heterocycles. The van der Waals surface area contributed by atoms with Crippen molar-refractivity contribution < 1.29 is 9.72 Å². The summed E-state index contributed by atoms with van der Waals surface area (Å²) in [5, 5.41) is 18.9. The number of non-ortho nitro benzene ring substituents is 1. The molecule has 0 bridgehead atoms. The van der Waals surface area contributed by atoms with Crippen LogP contribution in [0.5, 0.6) is 0 Å². The van der Waals surface area contributed by atoms with Gasteiger partial charge in [-0.3, -0.25) is 20.3 Å². The smallest absolute Gasteiger partial charge is 0.270 e. The predicted octanol–water partition coefficient (Wildman–Crippen LogP) is 3.28. The van der Waals surface area contributed by atoms with Crippen molar-refractivity contribution in [2.24, 2.45) is 0 Å². The second-order valence-electron chi connectivity index (χ2n) is 5.30. The minimum Gasteiger partial charge on any atom is -0.313 e. The number of halogens is 1. The summed E-state index contributed by atoms with van der Waals surface area (Å²) in [6.07, 6.45) is 4.08. The molecule has 3 rings (SSSR count). The first kappa shape index (κ1) is 17.6. The van der Waals surface area contributed by atoms with Crippen LogP contribution in [0.2, 0.25) is 0 Å². The number of Topliss-reactive ketones (excluding diaryl/α,β-unsaturated/α-hetero) is 1. The standard InChI is InChI=1S/C15H15N3O3S.BrH/c16-15-17(12-6-1-2-7-14(12)22-15)9-13(19)10-4-3-5-11(8-10)18(20)21;/h3-5,8,16H,1-2,6-7,9H2;1H. The van der Waals surface area contributed by atoms with Crippen LogP contribution >= 0.6 is 28.3 Å². The number of rotatable bonds is 4. The molecule has 1 aliphatic carbocycles. The quantitative estimate of drug-likeness (QED) is 0.487. The van der Waals surface area contributed by atoms with E-state index in [1.54, 1.807) is 10.6 Å². The molecule has 0 fully saturated rings. The largest absolute Gasteiger partial charge is 0.313 e. The van der Waals surface area contributed by atoms with Gasteiger partial charge < -0.3 is 4.57 Å². The number of benzene rings is 1. The second-order valence-corrected chi connectivity index (χ2v) is 6.38. The van der Waals surface area contributed by atoms with Crippen molar-refractivity contribution in [3.8, 4) is 0 Å². The van der Waals surface area contributed by atoms with E-state index < -0.39 is 4.92 Å². The molecule has 0 amide bonds. The van der Waals surface area contributed by atoms with Gasteiger partial charge in [-0.15, -0.1) is 28.3 Å². The summed E-state index contributed by atoms with van der Waals surface area (Å²) in [4.78, 5) is 24.3. The number of thiazole rings is 1. The van der Waals surface area contributed by atoms with Crippen LogP contribution in [0, 0.1) is 15.5 Å². The molecule has 0 spiro atoms. The highest BCUT2D eigenvalue weighted by Gasteiger charge is 2.19. The van der Waals surface area contributed by atoms with E-state index in [0.717, 1.165) is 31.4 Å². The van der Waals surface area contributed by atoms with Gasteiger partial charge in [-0.25, -0.2) is 0 Å². The maximum absolute atomic E-state index is 12.4. The lowest BCUT2D eigenvalue weighted by molar-refractivity contribution is -0.384. The Labute approximate surface area is 147 Å². The van der Waals surface area contributed by atoms with E-state index >= 15 is 0 Å². The van der Waals surface area contributed by atoms with Crippen molar-refractivity contribution in [1.29, 1.82) is 5.41 Å². The van der Waals surface area contributed by atoms with Gasteiger partial charge in [-0.1, -0.05) is 12.1 Å². The van der Waals surface area contributed by atoms with Crippen LogP contribution in [-0.4, -0.2) is 15.3 Å². The predicted molar refractivity (Wildman–Crippen MR) is 92.6 cm³/mol. The number of fused-ring (bicyclic) bond motifs is 1. The highest BCUT2D eigenvalue weighted by molar-refractivity contribution is 8.93. The molecule has 8 heteroatoms. The Morgan fingerprint density at radius 1 is 1.35 bits per heavy atom. The number of aromatic nitrogens is 1. The van der Waals surface area contributed by atoms with E-state index in [0.29, 0.717) is 10.4 Å². The summed E-state index contributed by atoms with van der Waals surface area (Å²) in [7, 11) is 0.